The minimum Gasteiger partial charge on any atom is -0.393 e. The highest BCUT2D eigenvalue weighted by atomic mass is 32.2. The van der Waals surface area contributed by atoms with Crippen LogP contribution in [-0.2, 0) is 9.47 Å². The fourth-order valence-electron chi connectivity index (χ4n) is 5.50. The van der Waals surface area contributed by atoms with E-state index < -0.39 is 17.4 Å². The van der Waals surface area contributed by atoms with Crippen molar-refractivity contribution in [2.24, 2.45) is 5.92 Å². The fourth-order valence-corrected chi connectivity index (χ4v) is 6.19. The van der Waals surface area contributed by atoms with Gasteiger partial charge in [0.2, 0.25) is 0 Å². The molecular formula is C26H35F2N5O2S. The van der Waals surface area contributed by atoms with Crippen LogP contribution in [-0.4, -0.2) is 52.8 Å². The zero-order chi connectivity index (χ0) is 25.8. The fraction of sp³-hybridized carbons (Fsp3) is 0.615. The number of ether oxygens (including phenoxy) is 2. The SMILES string of the molecule is CCCSc1nc(N[C@@H]2C[C@H](C)[C@H]3OC(C)(C)O[C@H]32)c(N)c(N(C)[C@@H]2C[C@H]2c2ccc(F)c(F)c2)n1. The second kappa shape index (κ2) is 9.61. The lowest BCUT2D eigenvalue weighted by atomic mass is 10.1. The zero-order valence-electron chi connectivity index (χ0n) is 21.4. The van der Waals surface area contributed by atoms with Gasteiger partial charge in [-0.25, -0.2) is 18.7 Å². The lowest BCUT2D eigenvalue weighted by Gasteiger charge is -2.26. The van der Waals surface area contributed by atoms with Crippen LogP contribution in [0.4, 0.5) is 26.1 Å². The summed E-state index contributed by atoms with van der Waals surface area (Å²) in [5, 5.41) is 4.22. The molecule has 3 N–H and O–H groups in total. The van der Waals surface area contributed by atoms with Gasteiger partial charge in [-0.05, 0) is 56.7 Å². The predicted molar refractivity (Wildman–Crippen MR) is 138 cm³/mol. The van der Waals surface area contributed by atoms with Crippen molar-refractivity contribution in [2.75, 3.05) is 28.8 Å². The number of nitrogens with zero attached hydrogens (tertiary/aromatic N) is 3. The van der Waals surface area contributed by atoms with E-state index in [1.807, 2.05) is 25.8 Å². The molecule has 2 aromatic rings. The average Bonchev–Trinajstić information content (AvgIpc) is 3.49. The minimum absolute atomic E-state index is 0.0158. The van der Waals surface area contributed by atoms with Crippen LogP contribution in [0.2, 0.25) is 0 Å². The van der Waals surface area contributed by atoms with Crippen LogP contribution in [0.15, 0.2) is 23.4 Å². The number of aromatic nitrogens is 2. The summed E-state index contributed by atoms with van der Waals surface area (Å²) in [6.07, 6.45) is 2.64. The molecule has 196 valence electrons. The first-order valence-electron chi connectivity index (χ1n) is 12.7. The maximum absolute atomic E-state index is 13.8. The van der Waals surface area contributed by atoms with Gasteiger partial charge in [-0.1, -0.05) is 31.7 Å². The van der Waals surface area contributed by atoms with Crippen molar-refractivity contribution >= 4 is 29.1 Å². The monoisotopic (exact) mass is 519 g/mol. The van der Waals surface area contributed by atoms with Gasteiger partial charge >= 0.3 is 0 Å². The number of benzene rings is 1. The smallest absolute Gasteiger partial charge is 0.191 e. The summed E-state index contributed by atoms with van der Waals surface area (Å²) in [6, 6.07) is 4.23. The normalized spacial score (nSPS) is 30.3. The summed E-state index contributed by atoms with van der Waals surface area (Å²) >= 11 is 1.59. The topological polar surface area (TPSA) is 85.5 Å². The van der Waals surface area contributed by atoms with Gasteiger partial charge in [-0.15, -0.1) is 0 Å². The molecule has 2 aliphatic carbocycles. The standard InChI is InChI=1S/C26H35F2N5O2S/c1-6-9-36-25-31-23(30-18-10-13(2)21-22(18)35-26(3,4)34-21)20(29)24(32-25)33(5)19-12-15(19)14-7-8-16(27)17(28)11-14/h7-8,11,13,15,18-19,21-22H,6,9-10,12,29H2,1-5H3,(H,30,31,32)/t13-,15-,18+,19+,21+,22-/m0/s1. The number of thioether (sulfide) groups is 1. The first kappa shape index (κ1) is 25.5. The number of nitrogens with one attached hydrogen (secondary N) is 1. The van der Waals surface area contributed by atoms with Crippen molar-refractivity contribution in [1.29, 1.82) is 0 Å². The molecule has 3 fully saturated rings. The van der Waals surface area contributed by atoms with Gasteiger partial charge < -0.3 is 25.4 Å². The van der Waals surface area contributed by atoms with E-state index in [0.717, 1.165) is 30.6 Å². The van der Waals surface area contributed by atoms with Gasteiger partial charge in [0.05, 0.1) is 12.1 Å². The number of anilines is 3. The summed E-state index contributed by atoms with van der Waals surface area (Å²) in [4.78, 5) is 11.6. The molecule has 0 bridgehead atoms. The van der Waals surface area contributed by atoms with Crippen LogP contribution in [0.1, 0.15) is 58.4 Å². The molecule has 2 heterocycles. The van der Waals surface area contributed by atoms with Gasteiger partial charge in [0.15, 0.2) is 34.2 Å². The van der Waals surface area contributed by atoms with Crippen molar-refractivity contribution in [3.8, 4) is 0 Å². The van der Waals surface area contributed by atoms with E-state index in [0.29, 0.717) is 28.4 Å². The second-order valence-electron chi connectivity index (χ2n) is 10.7. The first-order valence-corrected chi connectivity index (χ1v) is 13.7. The van der Waals surface area contributed by atoms with E-state index in [9.17, 15) is 8.78 Å². The highest BCUT2D eigenvalue weighted by Crippen LogP contribution is 2.48. The Hall–Kier alpha value is -2.17. The van der Waals surface area contributed by atoms with Crippen LogP contribution in [0, 0.1) is 17.6 Å². The summed E-state index contributed by atoms with van der Waals surface area (Å²) in [5.41, 5.74) is 7.92. The van der Waals surface area contributed by atoms with Crippen LogP contribution < -0.4 is 16.0 Å². The van der Waals surface area contributed by atoms with Crippen molar-refractivity contribution in [2.45, 2.75) is 88.1 Å². The van der Waals surface area contributed by atoms with Crippen LogP contribution in [0.25, 0.3) is 0 Å². The number of hydrogen-bond acceptors (Lipinski definition) is 8. The van der Waals surface area contributed by atoms with Gasteiger partial charge in [-0.3, -0.25) is 0 Å². The van der Waals surface area contributed by atoms with Crippen LogP contribution in [0.5, 0.6) is 0 Å². The number of nitrogens with two attached hydrogens (primary N) is 1. The maximum Gasteiger partial charge on any atom is 0.191 e. The molecule has 1 aromatic heterocycles. The molecule has 0 unspecified atom stereocenters. The predicted octanol–water partition coefficient (Wildman–Crippen LogP) is 5.17. The van der Waals surface area contributed by atoms with E-state index in [-0.39, 0.29) is 30.2 Å². The van der Waals surface area contributed by atoms with Gasteiger partial charge in [0.25, 0.3) is 0 Å². The average molecular weight is 520 g/mol. The van der Waals surface area contributed by atoms with Crippen molar-refractivity contribution < 1.29 is 18.3 Å². The second-order valence-corrected chi connectivity index (χ2v) is 11.7. The molecule has 0 radical (unpaired) electrons. The third-order valence-electron chi connectivity index (χ3n) is 7.37. The molecule has 0 amide bonds. The lowest BCUT2D eigenvalue weighted by Crippen LogP contribution is -2.35. The summed E-state index contributed by atoms with van der Waals surface area (Å²) in [5.74, 6) is 0.300. The molecule has 2 saturated carbocycles. The van der Waals surface area contributed by atoms with Crippen molar-refractivity contribution in [1.82, 2.24) is 9.97 Å². The van der Waals surface area contributed by atoms with E-state index >= 15 is 0 Å². The zero-order valence-corrected chi connectivity index (χ0v) is 22.2. The minimum atomic E-state index is -0.832. The summed E-state index contributed by atoms with van der Waals surface area (Å²) in [6.45, 7) is 8.19. The Morgan fingerprint density at radius 3 is 2.64 bits per heavy atom. The number of hydrogen-bond donors (Lipinski definition) is 2. The lowest BCUT2D eigenvalue weighted by molar-refractivity contribution is -0.156. The Morgan fingerprint density at radius 2 is 1.92 bits per heavy atom. The number of nitrogen functional groups attached to an aromatic ring is 1. The molecule has 10 heteroatoms. The molecule has 1 aromatic carbocycles. The number of fused-ring (bicyclic) bond motifs is 1. The Balaban J connectivity index is 1.40. The van der Waals surface area contributed by atoms with Gasteiger partial charge in [-0.2, -0.15) is 0 Å². The highest BCUT2D eigenvalue weighted by Gasteiger charge is 2.52. The molecule has 1 saturated heterocycles. The van der Waals surface area contributed by atoms with E-state index in [1.165, 1.54) is 12.1 Å². The van der Waals surface area contributed by atoms with Gasteiger partial charge in [0.1, 0.15) is 11.8 Å². The van der Waals surface area contributed by atoms with E-state index in [2.05, 4.69) is 19.2 Å². The molecule has 3 aliphatic rings. The molecule has 5 rings (SSSR count). The summed E-state index contributed by atoms with van der Waals surface area (Å²) in [7, 11) is 1.95. The number of rotatable bonds is 8. The van der Waals surface area contributed by atoms with Gasteiger partial charge in [0, 0.05) is 24.8 Å². The summed E-state index contributed by atoms with van der Waals surface area (Å²) < 4.78 is 39.6. The number of likely N-dealkylation sites (N-methyl/N-ethyl adjacent to an activating group) is 1. The third-order valence-corrected chi connectivity index (χ3v) is 8.42. The Labute approximate surface area is 215 Å². The molecule has 6 atom stereocenters. The van der Waals surface area contributed by atoms with E-state index in [1.54, 1.807) is 17.8 Å². The molecule has 0 spiro atoms. The maximum atomic E-state index is 13.8. The molecule has 1 aliphatic heterocycles. The Kier molecular flexibility index (Phi) is 6.80. The Morgan fingerprint density at radius 1 is 1.17 bits per heavy atom. The van der Waals surface area contributed by atoms with E-state index in [4.69, 9.17) is 25.2 Å². The highest BCUT2D eigenvalue weighted by molar-refractivity contribution is 7.99. The van der Waals surface area contributed by atoms with Crippen LogP contribution in [0.3, 0.4) is 0 Å². The quantitative estimate of drug-likeness (QED) is 0.365. The first-order chi connectivity index (χ1) is 17.1. The van der Waals surface area contributed by atoms with Crippen LogP contribution >= 0.6 is 11.8 Å². The number of halogens is 2. The molecule has 7 nitrogen and oxygen atoms in total. The largest absolute Gasteiger partial charge is 0.393 e. The molecular weight excluding hydrogens is 484 g/mol. The molecule has 36 heavy (non-hydrogen) atoms. The van der Waals surface area contributed by atoms with Crippen molar-refractivity contribution in [3.05, 3.63) is 35.4 Å². The Bertz CT molecular complexity index is 1140. The third kappa shape index (κ3) is 4.87. The van der Waals surface area contributed by atoms with Crippen molar-refractivity contribution in [3.63, 3.8) is 0 Å².